The highest BCUT2D eigenvalue weighted by Gasteiger charge is 2.41. The van der Waals surface area contributed by atoms with Crippen molar-refractivity contribution < 1.29 is 9.53 Å². The minimum Gasteiger partial charge on any atom is -0.465 e. The first kappa shape index (κ1) is 21.8. The summed E-state index contributed by atoms with van der Waals surface area (Å²) in [6.45, 7) is 0.603. The second-order valence-electron chi connectivity index (χ2n) is 7.92. The van der Waals surface area contributed by atoms with Crippen LogP contribution < -0.4 is 5.32 Å². The molecule has 0 aliphatic carbocycles. The van der Waals surface area contributed by atoms with Gasteiger partial charge in [0.2, 0.25) is 0 Å². The monoisotopic (exact) mass is 469 g/mol. The largest absolute Gasteiger partial charge is 0.465 e. The fourth-order valence-corrected chi connectivity index (χ4v) is 4.71. The van der Waals surface area contributed by atoms with Crippen LogP contribution in [-0.4, -0.2) is 37.6 Å². The molecule has 0 bridgehead atoms. The minimum absolute atomic E-state index is 0.170. The fourth-order valence-electron chi connectivity index (χ4n) is 4.40. The number of nitrogens with one attached hydrogen (secondary N) is 1. The molecule has 8 heteroatoms. The van der Waals surface area contributed by atoms with Crippen molar-refractivity contribution in [2.45, 2.75) is 18.6 Å². The lowest BCUT2D eigenvalue weighted by Crippen LogP contribution is -2.30. The Morgan fingerprint density at radius 1 is 1.03 bits per heavy atom. The molecule has 7 nitrogen and oxygen atoms in total. The van der Waals surface area contributed by atoms with Crippen molar-refractivity contribution in [3.63, 3.8) is 0 Å². The zero-order chi connectivity index (χ0) is 23.5. The number of aromatic nitrogens is 3. The molecule has 1 aliphatic rings. The maximum absolute atomic E-state index is 12.5. The maximum Gasteiger partial charge on any atom is 0.339 e. The van der Waals surface area contributed by atoms with Gasteiger partial charge in [-0.3, -0.25) is 9.97 Å². The Hall–Kier alpha value is -4.04. The molecule has 0 saturated carbocycles. The van der Waals surface area contributed by atoms with Crippen LogP contribution in [0.1, 0.15) is 39.4 Å². The Morgan fingerprint density at radius 2 is 1.82 bits per heavy atom. The van der Waals surface area contributed by atoms with E-state index in [-0.39, 0.29) is 18.1 Å². The van der Waals surface area contributed by atoms with Crippen LogP contribution in [0.5, 0.6) is 0 Å². The summed E-state index contributed by atoms with van der Waals surface area (Å²) in [4.78, 5) is 23.4. The molecule has 34 heavy (non-hydrogen) atoms. The Bertz CT molecular complexity index is 1310. The van der Waals surface area contributed by atoms with Crippen LogP contribution in [0.3, 0.4) is 0 Å². The number of hydrogen-bond donors (Lipinski definition) is 1. The first-order valence-corrected chi connectivity index (χ1v) is 11.3. The molecule has 0 amide bonds. The van der Waals surface area contributed by atoms with Gasteiger partial charge in [-0.2, -0.15) is 0 Å². The summed E-state index contributed by atoms with van der Waals surface area (Å²) >= 11 is 5.80. The van der Waals surface area contributed by atoms with E-state index in [0.717, 1.165) is 22.6 Å². The molecule has 1 N–H and O–H groups in total. The zero-order valence-electron chi connectivity index (χ0n) is 18.5. The third-order valence-electron chi connectivity index (χ3n) is 5.95. The standard InChI is InChI=1S/C26H23N5O2S/c1-33-25(32)19-7-2-3-9-21(19)30-16-6-10-22(30)24-23(20-8-4-5-13-28-20)29-26(34)31(24)17-18-11-14-27-15-12-18/h2-16,23-24H,17H2,1H3,(H,29,34)/t23-,24-/m1/s1. The summed E-state index contributed by atoms with van der Waals surface area (Å²) < 4.78 is 7.07. The van der Waals surface area contributed by atoms with E-state index in [9.17, 15) is 4.79 Å². The number of benzene rings is 1. The van der Waals surface area contributed by atoms with E-state index in [1.165, 1.54) is 7.11 Å². The number of pyridine rings is 2. The highest BCUT2D eigenvalue weighted by atomic mass is 32.1. The number of methoxy groups -OCH3 is 1. The number of thiocarbonyl (C=S) groups is 1. The summed E-state index contributed by atoms with van der Waals surface area (Å²) in [7, 11) is 1.39. The van der Waals surface area contributed by atoms with Gasteiger partial charge in [-0.15, -0.1) is 0 Å². The molecule has 2 atom stereocenters. The van der Waals surface area contributed by atoms with Crippen molar-refractivity contribution in [3.8, 4) is 5.69 Å². The molecule has 3 aromatic heterocycles. The lowest BCUT2D eigenvalue weighted by Gasteiger charge is -2.29. The number of nitrogens with zero attached hydrogens (tertiary/aromatic N) is 4. The predicted octanol–water partition coefficient (Wildman–Crippen LogP) is 4.23. The SMILES string of the molecule is COC(=O)c1ccccc1-n1cccc1[C@@H]1[C@@H](c2ccccn2)NC(=S)N1Cc1ccncc1. The van der Waals surface area contributed by atoms with Gasteiger partial charge < -0.3 is 19.5 Å². The quantitative estimate of drug-likeness (QED) is 0.335. The molecule has 0 radical (unpaired) electrons. The molecule has 1 saturated heterocycles. The molecule has 5 rings (SSSR count). The molecule has 0 unspecified atom stereocenters. The van der Waals surface area contributed by atoms with Crippen molar-refractivity contribution >= 4 is 23.3 Å². The molecule has 170 valence electrons. The average Bonchev–Trinajstić information content (AvgIpc) is 3.49. The molecule has 0 spiro atoms. The summed E-state index contributed by atoms with van der Waals surface area (Å²) in [6.07, 6.45) is 7.30. The summed E-state index contributed by atoms with van der Waals surface area (Å²) in [5.74, 6) is -0.384. The number of rotatable bonds is 6. The van der Waals surface area contributed by atoms with Gasteiger partial charge in [-0.05, 0) is 66.3 Å². The highest BCUT2D eigenvalue weighted by molar-refractivity contribution is 7.80. The van der Waals surface area contributed by atoms with Gasteiger partial charge in [0.25, 0.3) is 0 Å². The van der Waals surface area contributed by atoms with Gasteiger partial charge in [0.1, 0.15) is 0 Å². The second kappa shape index (κ2) is 9.44. The molecular weight excluding hydrogens is 446 g/mol. The van der Waals surface area contributed by atoms with Gasteiger partial charge in [-0.25, -0.2) is 4.79 Å². The van der Waals surface area contributed by atoms with E-state index < -0.39 is 0 Å². The van der Waals surface area contributed by atoms with Crippen LogP contribution in [0, 0.1) is 0 Å². The maximum atomic E-state index is 12.5. The average molecular weight is 470 g/mol. The third-order valence-corrected chi connectivity index (χ3v) is 6.30. The first-order valence-electron chi connectivity index (χ1n) is 10.9. The van der Waals surface area contributed by atoms with E-state index in [1.54, 1.807) is 24.7 Å². The first-order chi connectivity index (χ1) is 16.7. The number of carbonyl (C=O) groups excluding carboxylic acids is 1. The third kappa shape index (κ3) is 4.04. The van der Waals surface area contributed by atoms with Gasteiger partial charge in [0.05, 0.1) is 36.1 Å². The van der Waals surface area contributed by atoms with E-state index in [0.29, 0.717) is 17.2 Å². The smallest absolute Gasteiger partial charge is 0.339 e. The molecule has 4 aromatic rings. The minimum atomic E-state index is -0.384. The Balaban J connectivity index is 1.63. The van der Waals surface area contributed by atoms with E-state index in [2.05, 4.69) is 26.3 Å². The van der Waals surface area contributed by atoms with Crippen molar-refractivity contribution in [1.29, 1.82) is 0 Å². The van der Waals surface area contributed by atoms with E-state index in [4.69, 9.17) is 17.0 Å². The molecule has 4 heterocycles. The Labute approximate surface area is 203 Å². The fraction of sp³-hybridized carbons (Fsp3) is 0.154. The molecule has 1 aromatic carbocycles. The summed E-state index contributed by atoms with van der Waals surface area (Å²) in [5, 5.41) is 4.13. The Morgan fingerprint density at radius 3 is 2.59 bits per heavy atom. The van der Waals surface area contributed by atoms with Gasteiger partial charge >= 0.3 is 5.97 Å². The topological polar surface area (TPSA) is 72.3 Å². The van der Waals surface area contributed by atoms with Crippen LogP contribution in [0.4, 0.5) is 0 Å². The van der Waals surface area contributed by atoms with Crippen molar-refractivity contribution in [2.75, 3.05) is 7.11 Å². The molecule has 1 fully saturated rings. The van der Waals surface area contributed by atoms with E-state index in [1.807, 2.05) is 65.4 Å². The van der Waals surface area contributed by atoms with Gasteiger partial charge in [0, 0.05) is 37.0 Å². The summed E-state index contributed by atoms with van der Waals surface area (Å²) in [6, 6.07) is 21.0. The number of hydrogen-bond acceptors (Lipinski definition) is 5. The summed E-state index contributed by atoms with van der Waals surface area (Å²) in [5.41, 5.74) is 4.20. The lowest BCUT2D eigenvalue weighted by molar-refractivity contribution is 0.0600. The van der Waals surface area contributed by atoms with Crippen LogP contribution in [0.15, 0.2) is 91.5 Å². The normalized spacial score (nSPS) is 17.4. The van der Waals surface area contributed by atoms with Gasteiger partial charge in [-0.1, -0.05) is 18.2 Å². The van der Waals surface area contributed by atoms with Gasteiger partial charge in [0.15, 0.2) is 5.11 Å². The van der Waals surface area contributed by atoms with Crippen molar-refractivity contribution in [1.82, 2.24) is 24.8 Å². The van der Waals surface area contributed by atoms with Crippen LogP contribution in [0.25, 0.3) is 5.69 Å². The van der Waals surface area contributed by atoms with Crippen molar-refractivity contribution in [2.24, 2.45) is 0 Å². The Kier molecular flexibility index (Phi) is 6.05. The highest BCUT2D eigenvalue weighted by Crippen LogP contribution is 2.40. The number of esters is 1. The number of ether oxygens (including phenoxy) is 1. The zero-order valence-corrected chi connectivity index (χ0v) is 19.4. The molecular formula is C26H23N5O2S. The van der Waals surface area contributed by atoms with Crippen molar-refractivity contribution in [3.05, 3.63) is 114 Å². The van der Waals surface area contributed by atoms with Crippen LogP contribution in [0.2, 0.25) is 0 Å². The van der Waals surface area contributed by atoms with E-state index >= 15 is 0 Å². The lowest BCUT2D eigenvalue weighted by atomic mass is 10.0. The number of para-hydroxylation sites is 1. The molecule has 1 aliphatic heterocycles. The van der Waals surface area contributed by atoms with Crippen LogP contribution in [-0.2, 0) is 11.3 Å². The number of carbonyl (C=O) groups is 1. The predicted molar refractivity (Wildman–Crippen MR) is 132 cm³/mol. The second-order valence-corrected chi connectivity index (χ2v) is 8.31. The van der Waals surface area contributed by atoms with Crippen LogP contribution >= 0.6 is 12.2 Å².